The Bertz CT molecular complexity index is 256. The molecule has 0 bridgehead atoms. The van der Waals surface area contributed by atoms with Gasteiger partial charge in [-0.05, 0) is 18.9 Å². The first kappa shape index (κ1) is 18.9. The number of esters is 1. The molecule has 0 aromatic carbocycles. The van der Waals surface area contributed by atoms with Crippen LogP contribution in [0.4, 0.5) is 0 Å². The van der Waals surface area contributed by atoms with Gasteiger partial charge in [0.1, 0.15) is 0 Å². The maximum atomic E-state index is 10.7. The van der Waals surface area contributed by atoms with Gasteiger partial charge in [0, 0.05) is 6.08 Å². The van der Waals surface area contributed by atoms with Gasteiger partial charge in [0.2, 0.25) is 0 Å². The fraction of sp³-hybridized carbons (Fsp3) is 0.722. The van der Waals surface area contributed by atoms with Crippen LogP contribution in [0.2, 0.25) is 0 Å². The zero-order valence-electron chi connectivity index (χ0n) is 13.2. The second-order valence-electron chi connectivity index (χ2n) is 5.34. The first-order valence-electron chi connectivity index (χ1n) is 8.29. The summed E-state index contributed by atoms with van der Waals surface area (Å²) in [6, 6.07) is 0. The van der Waals surface area contributed by atoms with Gasteiger partial charge in [0.05, 0.1) is 6.26 Å². The Balaban J connectivity index is 3.09. The van der Waals surface area contributed by atoms with Crippen molar-refractivity contribution in [3.05, 3.63) is 25.0 Å². The van der Waals surface area contributed by atoms with E-state index >= 15 is 0 Å². The van der Waals surface area contributed by atoms with Crippen LogP contribution < -0.4 is 0 Å². The Morgan fingerprint density at radius 2 is 1.40 bits per heavy atom. The standard InChI is InChI=1S/C18H32O2/c1-3-5-6-7-8-9-10-11-12-13-14-15-16-17-20-18(19)4-2/h4,16-17H,2-3,5-15H2,1H3/b17-16+. The molecule has 0 aromatic rings. The maximum Gasteiger partial charge on any atom is 0.334 e. The lowest BCUT2D eigenvalue weighted by Gasteiger charge is -2.01. The van der Waals surface area contributed by atoms with Crippen molar-refractivity contribution in [1.29, 1.82) is 0 Å². The van der Waals surface area contributed by atoms with Crippen LogP contribution in [0.5, 0.6) is 0 Å². The number of ether oxygens (including phenoxy) is 1. The van der Waals surface area contributed by atoms with E-state index in [0.717, 1.165) is 6.42 Å². The van der Waals surface area contributed by atoms with Crippen LogP contribution in [0.1, 0.15) is 84.0 Å². The number of hydrogen-bond acceptors (Lipinski definition) is 2. The molecule has 0 aliphatic heterocycles. The lowest BCUT2D eigenvalue weighted by Crippen LogP contribution is -1.91. The van der Waals surface area contributed by atoms with Crippen LogP contribution in [0.3, 0.4) is 0 Å². The monoisotopic (exact) mass is 280 g/mol. The third-order valence-corrected chi connectivity index (χ3v) is 3.42. The summed E-state index contributed by atoms with van der Waals surface area (Å²) in [6.07, 6.45) is 20.5. The normalized spacial score (nSPS) is 10.8. The molecule has 0 rings (SSSR count). The predicted molar refractivity (Wildman–Crippen MR) is 86.5 cm³/mol. The average Bonchev–Trinajstić information content (AvgIpc) is 2.47. The van der Waals surface area contributed by atoms with Crippen molar-refractivity contribution in [2.75, 3.05) is 0 Å². The molecule has 0 aliphatic rings. The molecule has 0 N–H and O–H groups in total. The van der Waals surface area contributed by atoms with E-state index in [9.17, 15) is 4.79 Å². The summed E-state index contributed by atoms with van der Waals surface area (Å²) in [5, 5.41) is 0. The third kappa shape index (κ3) is 15.0. The number of allylic oxidation sites excluding steroid dienone is 1. The Kier molecular flexibility index (Phi) is 15.2. The number of hydrogen-bond donors (Lipinski definition) is 0. The summed E-state index contributed by atoms with van der Waals surface area (Å²) < 4.78 is 4.75. The van der Waals surface area contributed by atoms with E-state index in [1.807, 2.05) is 6.08 Å². The quantitative estimate of drug-likeness (QED) is 0.170. The highest BCUT2D eigenvalue weighted by molar-refractivity contribution is 5.81. The van der Waals surface area contributed by atoms with Crippen molar-refractivity contribution in [3.63, 3.8) is 0 Å². The minimum absolute atomic E-state index is 0.389. The van der Waals surface area contributed by atoms with E-state index in [4.69, 9.17) is 4.74 Å². The van der Waals surface area contributed by atoms with Crippen molar-refractivity contribution in [3.8, 4) is 0 Å². The molecule has 0 amide bonds. The van der Waals surface area contributed by atoms with Crippen LogP contribution in [0.15, 0.2) is 25.0 Å². The van der Waals surface area contributed by atoms with E-state index in [1.165, 1.54) is 83.0 Å². The number of carbonyl (C=O) groups is 1. The van der Waals surface area contributed by atoms with Crippen molar-refractivity contribution < 1.29 is 9.53 Å². The van der Waals surface area contributed by atoms with Crippen molar-refractivity contribution >= 4 is 5.97 Å². The molecule has 0 unspecified atom stereocenters. The average molecular weight is 280 g/mol. The number of rotatable bonds is 14. The first-order chi connectivity index (χ1) is 9.81. The summed E-state index contributed by atoms with van der Waals surface area (Å²) in [4.78, 5) is 10.7. The summed E-state index contributed by atoms with van der Waals surface area (Å²) in [7, 11) is 0. The molecular weight excluding hydrogens is 248 g/mol. The SMILES string of the molecule is C=CC(=O)O/C=C/CCCCCCCCCCCCC. The Labute approximate surface area is 125 Å². The molecule has 0 spiro atoms. The summed E-state index contributed by atoms with van der Waals surface area (Å²) in [6.45, 7) is 5.60. The highest BCUT2D eigenvalue weighted by atomic mass is 16.5. The fourth-order valence-electron chi connectivity index (χ4n) is 2.16. The van der Waals surface area contributed by atoms with Crippen molar-refractivity contribution in [1.82, 2.24) is 0 Å². The smallest absolute Gasteiger partial charge is 0.334 e. The molecule has 0 atom stereocenters. The molecule has 0 fully saturated rings. The third-order valence-electron chi connectivity index (χ3n) is 3.42. The van der Waals surface area contributed by atoms with Crippen LogP contribution in [0.25, 0.3) is 0 Å². The molecule has 20 heavy (non-hydrogen) atoms. The zero-order valence-corrected chi connectivity index (χ0v) is 13.2. The topological polar surface area (TPSA) is 26.3 Å². The van der Waals surface area contributed by atoms with Gasteiger partial charge in [-0.25, -0.2) is 4.79 Å². The second-order valence-corrected chi connectivity index (χ2v) is 5.34. The second kappa shape index (κ2) is 16.0. The molecular formula is C18H32O2. The summed E-state index contributed by atoms with van der Waals surface area (Å²) in [5.41, 5.74) is 0. The van der Waals surface area contributed by atoms with Crippen LogP contribution in [-0.2, 0) is 9.53 Å². The minimum Gasteiger partial charge on any atom is -0.432 e. The number of carbonyl (C=O) groups excluding carboxylic acids is 1. The molecule has 0 saturated carbocycles. The van der Waals surface area contributed by atoms with Gasteiger partial charge in [-0.3, -0.25) is 0 Å². The van der Waals surface area contributed by atoms with Crippen LogP contribution in [-0.4, -0.2) is 5.97 Å². The molecule has 2 nitrogen and oxygen atoms in total. The van der Waals surface area contributed by atoms with Gasteiger partial charge >= 0.3 is 5.97 Å². The summed E-state index contributed by atoms with van der Waals surface area (Å²) >= 11 is 0. The highest BCUT2D eigenvalue weighted by Gasteiger charge is 1.93. The van der Waals surface area contributed by atoms with E-state index in [0.29, 0.717) is 0 Å². The predicted octanol–water partition coefficient (Wildman–Crippen LogP) is 5.93. The van der Waals surface area contributed by atoms with Crippen LogP contribution in [0, 0.1) is 0 Å². The van der Waals surface area contributed by atoms with E-state index in [2.05, 4.69) is 13.5 Å². The Morgan fingerprint density at radius 1 is 0.900 bits per heavy atom. The largest absolute Gasteiger partial charge is 0.432 e. The Morgan fingerprint density at radius 3 is 1.90 bits per heavy atom. The fourth-order valence-corrected chi connectivity index (χ4v) is 2.16. The molecule has 0 aliphatic carbocycles. The zero-order chi connectivity index (χ0) is 14.9. The lowest BCUT2D eigenvalue weighted by atomic mass is 10.1. The molecule has 0 aromatic heterocycles. The first-order valence-corrected chi connectivity index (χ1v) is 8.29. The molecule has 0 saturated heterocycles. The van der Waals surface area contributed by atoms with Gasteiger partial charge in [-0.1, -0.05) is 77.7 Å². The lowest BCUT2D eigenvalue weighted by molar-refractivity contribution is -0.132. The van der Waals surface area contributed by atoms with Gasteiger partial charge in [0.15, 0.2) is 0 Å². The van der Waals surface area contributed by atoms with Crippen molar-refractivity contribution in [2.45, 2.75) is 84.0 Å². The van der Waals surface area contributed by atoms with Gasteiger partial charge < -0.3 is 4.74 Å². The van der Waals surface area contributed by atoms with Gasteiger partial charge in [-0.2, -0.15) is 0 Å². The Hall–Kier alpha value is -1.05. The van der Waals surface area contributed by atoms with Crippen LogP contribution >= 0.6 is 0 Å². The highest BCUT2D eigenvalue weighted by Crippen LogP contribution is 2.11. The van der Waals surface area contributed by atoms with Crippen molar-refractivity contribution in [2.24, 2.45) is 0 Å². The molecule has 0 radical (unpaired) electrons. The van der Waals surface area contributed by atoms with E-state index < -0.39 is 0 Å². The van der Waals surface area contributed by atoms with E-state index in [1.54, 1.807) is 0 Å². The molecule has 0 heterocycles. The van der Waals surface area contributed by atoms with Gasteiger partial charge in [0.25, 0.3) is 0 Å². The van der Waals surface area contributed by atoms with Gasteiger partial charge in [-0.15, -0.1) is 0 Å². The number of unbranched alkanes of at least 4 members (excludes halogenated alkanes) is 11. The maximum absolute atomic E-state index is 10.7. The molecule has 116 valence electrons. The minimum atomic E-state index is -0.389. The molecule has 2 heteroatoms. The van der Waals surface area contributed by atoms with E-state index in [-0.39, 0.29) is 5.97 Å². The summed E-state index contributed by atoms with van der Waals surface area (Å²) in [5.74, 6) is -0.389.